The van der Waals surface area contributed by atoms with E-state index in [-0.39, 0.29) is 0 Å². The van der Waals surface area contributed by atoms with Crippen molar-refractivity contribution in [3.8, 4) is 0 Å². The van der Waals surface area contributed by atoms with Crippen molar-refractivity contribution >= 4 is 11.6 Å². The van der Waals surface area contributed by atoms with E-state index in [1.54, 1.807) is 4.68 Å². The average molecular weight is 254 g/mol. The van der Waals surface area contributed by atoms with Crippen LogP contribution in [0.3, 0.4) is 0 Å². The third kappa shape index (κ3) is 2.85. The summed E-state index contributed by atoms with van der Waals surface area (Å²) >= 11 is 5.90. The van der Waals surface area contributed by atoms with Gasteiger partial charge in [0.2, 0.25) is 5.28 Å². The maximum atomic E-state index is 5.90. The molecule has 2 heterocycles. The van der Waals surface area contributed by atoms with Gasteiger partial charge in [0.15, 0.2) is 0 Å². The Labute approximate surface area is 105 Å². The predicted octanol–water partition coefficient (Wildman–Crippen LogP) is 2.14. The van der Waals surface area contributed by atoms with Crippen molar-refractivity contribution in [2.45, 2.75) is 33.9 Å². The lowest BCUT2D eigenvalue weighted by molar-refractivity contribution is 0.481. The van der Waals surface area contributed by atoms with E-state index >= 15 is 0 Å². The minimum Gasteiger partial charge on any atom is -0.272 e. The molecule has 0 aliphatic rings. The Balaban J connectivity index is 2.16. The molecule has 2 rings (SSSR count). The minimum absolute atomic E-state index is 0.404. The number of hydrogen-bond acceptors (Lipinski definition) is 3. The maximum Gasteiger partial charge on any atom is 0.221 e. The van der Waals surface area contributed by atoms with Crippen LogP contribution in [0.4, 0.5) is 0 Å². The molecule has 0 spiro atoms. The van der Waals surface area contributed by atoms with Crippen LogP contribution in [0.25, 0.3) is 0 Å². The van der Waals surface area contributed by atoms with Crippen LogP contribution in [-0.4, -0.2) is 24.5 Å². The SMILES string of the molecule is Cc1nn(CC(C)C)cc1Cn1ncnc1Cl. The zero-order valence-electron chi connectivity index (χ0n) is 10.3. The molecule has 0 aromatic carbocycles. The van der Waals surface area contributed by atoms with Crippen molar-refractivity contribution in [3.05, 3.63) is 29.1 Å². The molecule has 0 fully saturated rings. The molecule has 0 unspecified atom stereocenters. The van der Waals surface area contributed by atoms with E-state index in [1.165, 1.54) is 6.33 Å². The van der Waals surface area contributed by atoms with Crippen LogP contribution in [0.2, 0.25) is 5.28 Å². The second-order valence-electron chi connectivity index (χ2n) is 4.54. The fourth-order valence-electron chi connectivity index (χ4n) is 1.70. The number of nitrogens with zero attached hydrogens (tertiary/aromatic N) is 5. The summed E-state index contributed by atoms with van der Waals surface area (Å²) in [4.78, 5) is 3.89. The number of halogens is 1. The average Bonchev–Trinajstić information content (AvgIpc) is 2.75. The van der Waals surface area contributed by atoms with Gasteiger partial charge in [-0.1, -0.05) is 13.8 Å². The van der Waals surface area contributed by atoms with Gasteiger partial charge in [-0.25, -0.2) is 9.67 Å². The van der Waals surface area contributed by atoms with Crippen LogP contribution in [-0.2, 0) is 13.1 Å². The lowest BCUT2D eigenvalue weighted by Gasteiger charge is -2.03. The molecule has 0 radical (unpaired) electrons. The van der Waals surface area contributed by atoms with Gasteiger partial charge in [-0.2, -0.15) is 10.2 Å². The van der Waals surface area contributed by atoms with Gasteiger partial charge in [0.05, 0.1) is 12.2 Å². The van der Waals surface area contributed by atoms with Crippen molar-refractivity contribution in [1.29, 1.82) is 0 Å². The van der Waals surface area contributed by atoms with E-state index < -0.39 is 0 Å². The molecule has 5 nitrogen and oxygen atoms in total. The summed E-state index contributed by atoms with van der Waals surface area (Å²) in [6.45, 7) is 7.88. The molecule has 0 saturated carbocycles. The summed E-state index contributed by atoms with van der Waals surface area (Å²) in [5.41, 5.74) is 2.13. The van der Waals surface area contributed by atoms with Gasteiger partial charge in [-0.3, -0.25) is 4.68 Å². The fourth-order valence-corrected chi connectivity index (χ4v) is 1.85. The van der Waals surface area contributed by atoms with Crippen LogP contribution in [0.1, 0.15) is 25.1 Å². The molecule has 17 heavy (non-hydrogen) atoms. The zero-order chi connectivity index (χ0) is 12.4. The lowest BCUT2D eigenvalue weighted by Crippen LogP contribution is -2.04. The highest BCUT2D eigenvalue weighted by atomic mass is 35.5. The molecule has 0 N–H and O–H groups in total. The number of rotatable bonds is 4. The van der Waals surface area contributed by atoms with Crippen LogP contribution in [0, 0.1) is 12.8 Å². The Morgan fingerprint density at radius 2 is 2.18 bits per heavy atom. The molecule has 0 saturated heterocycles. The molecule has 2 aromatic heterocycles. The van der Waals surface area contributed by atoms with Crippen LogP contribution < -0.4 is 0 Å². The number of hydrogen-bond donors (Lipinski definition) is 0. The topological polar surface area (TPSA) is 48.5 Å². The Bertz CT molecular complexity index is 500. The molecular weight excluding hydrogens is 238 g/mol. The van der Waals surface area contributed by atoms with E-state index in [0.717, 1.165) is 17.8 Å². The second kappa shape index (κ2) is 4.87. The Morgan fingerprint density at radius 3 is 2.76 bits per heavy atom. The highest BCUT2D eigenvalue weighted by Crippen LogP contribution is 2.11. The summed E-state index contributed by atoms with van der Waals surface area (Å²) in [5, 5.41) is 8.94. The largest absolute Gasteiger partial charge is 0.272 e. The molecular formula is C11H16ClN5. The van der Waals surface area contributed by atoms with Crippen LogP contribution in [0.15, 0.2) is 12.5 Å². The van der Waals surface area contributed by atoms with Gasteiger partial charge in [0, 0.05) is 18.3 Å². The zero-order valence-corrected chi connectivity index (χ0v) is 11.0. The van der Waals surface area contributed by atoms with Gasteiger partial charge in [-0.05, 0) is 24.4 Å². The lowest BCUT2D eigenvalue weighted by atomic mass is 10.2. The number of aryl methyl sites for hydroxylation is 1. The highest BCUT2D eigenvalue weighted by Gasteiger charge is 2.09. The summed E-state index contributed by atoms with van der Waals surface area (Å²) < 4.78 is 3.63. The van der Waals surface area contributed by atoms with E-state index in [0.29, 0.717) is 17.7 Å². The van der Waals surface area contributed by atoms with E-state index in [4.69, 9.17) is 11.6 Å². The maximum absolute atomic E-state index is 5.90. The molecule has 2 aromatic rings. The number of aromatic nitrogens is 5. The fraction of sp³-hybridized carbons (Fsp3) is 0.545. The Hall–Kier alpha value is -1.36. The summed E-state index contributed by atoms with van der Waals surface area (Å²) in [5.74, 6) is 0.581. The highest BCUT2D eigenvalue weighted by molar-refractivity contribution is 6.28. The van der Waals surface area contributed by atoms with Gasteiger partial charge in [0.25, 0.3) is 0 Å². The van der Waals surface area contributed by atoms with E-state index in [9.17, 15) is 0 Å². The van der Waals surface area contributed by atoms with E-state index in [1.807, 2.05) is 17.8 Å². The molecule has 0 aliphatic heterocycles. The monoisotopic (exact) mass is 253 g/mol. The standard InChI is InChI=1S/C11H16ClN5/c1-8(2)4-16-5-10(9(3)15-16)6-17-11(12)13-7-14-17/h5,7-8H,4,6H2,1-3H3. The molecule has 92 valence electrons. The van der Waals surface area contributed by atoms with Gasteiger partial charge >= 0.3 is 0 Å². The van der Waals surface area contributed by atoms with Crippen molar-refractivity contribution in [2.24, 2.45) is 5.92 Å². The summed E-state index contributed by atoms with van der Waals surface area (Å²) in [7, 11) is 0. The quantitative estimate of drug-likeness (QED) is 0.839. The first-order valence-corrected chi connectivity index (χ1v) is 6.00. The van der Waals surface area contributed by atoms with Gasteiger partial charge < -0.3 is 0 Å². The van der Waals surface area contributed by atoms with E-state index in [2.05, 4.69) is 29.0 Å². The molecule has 0 aliphatic carbocycles. The normalized spacial score (nSPS) is 11.4. The smallest absolute Gasteiger partial charge is 0.221 e. The first kappa shape index (κ1) is 12.1. The van der Waals surface area contributed by atoms with Gasteiger partial charge in [-0.15, -0.1) is 0 Å². The third-order valence-corrected chi connectivity index (χ3v) is 2.78. The molecule has 0 bridgehead atoms. The summed E-state index contributed by atoms with van der Waals surface area (Å²) in [6, 6.07) is 0. The first-order chi connectivity index (χ1) is 8.06. The summed E-state index contributed by atoms with van der Waals surface area (Å²) in [6.07, 6.45) is 3.50. The third-order valence-electron chi connectivity index (χ3n) is 2.49. The molecule has 0 atom stereocenters. The predicted molar refractivity (Wildman–Crippen MR) is 65.9 cm³/mol. The van der Waals surface area contributed by atoms with Gasteiger partial charge in [0.1, 0.15) is 6.33 Å². The van der Waals surface area contributed by atoms with Crippen molar-refractivity contribution in [1.82, 2.24) is 24.5 Å². The van der Waals surface area contributed by atoms with Crippen molar-refractivity contribution in [3.63, 3.8) is 0 Å². The molecule has 0 amide bonds. The minimum atomic E-state index is 0.404. The second-order valence-corrected chi connectivity index (χ2v) is 4.88. The van der Waals surface area contributed by atoms with Crippen molar-refractivity contribution < 1.29 is 0 Å². The first-order valence-electron chi connectivity index (χ1n) is 5.62. The molecule has 6 heteroatoms. The Kier molecular flexibility index (Phi) is 3.47. The van der Waals surface area contributed by atoms with Crippen LogP contribution >= 0.6 is 11.6 Å². The Morgan fingerprint density at radius 1 is 1.41 bits per heavy atom. The van der Waals surface area contributed by atoms with Crippen molar-refractivity contribution in [2.75, 3.05) is 0 Å². The van der Waals surface area contributed by atoms with Crippen LogP contribution in [0.5, 0.6) is 0 Å².